The molecule has 0 aliphatic rings. The van der Waals surface area contributed by atoms with E-state index in [9.17, 15) is 0 Å². The molecule has 1 heterocycles. The number of hydrogen-bond donors (Lipinski definition) is 0. The van der Waals surface area contributed by atoms with Gasteiger partial charge in [-0.05, 0) is 54.5 Å². The summed E-state index contributed by atoms with van der Waals surface area (Å²) >= 11 is 8.65. The van der Waals surface area contributed by atoms with E-state index in [4.69, 9.17) is 21.7 Å². The third-order valence-electron chi connectivity index (χ3n) is 3.72. The summed E-state index contributed by atoms with van der Waals surface area (Å²) in [6.07, 6.45) is 0. The monoisotopic (exact) mass is 390 g/mol. The summed E-state index contributed by atoms with van der Waals surface area (Å²) in [5.41, 5.74) is 3.34. The number of rotatable bonds is 6. The molecule has 0 fully saturated rings. The quantitative estimate of drug-likeness (QED) is 0.423. The molecular weight excluding hydrogens is 372 g/mol. The first-order chi connectivity index (χ1) is 12.1. The topological polar surface area (TPSA) is 36.3 Å². The normalized spacial score (nSPS) is 10.7. The third-order valence-corrected chi connectivity index (χ3v) is 6.14. The number of para-hydroxylation sites is 1. The van der Waals surface area contributed by atoms with Gasteiger partial charge in [-0.2, -0.15) is 0 Å². The second-order valence-corrected chi connectivity index (χ2v) is 8.15. The van der Waals surface area contributed by atoms with Gasteiger partial charge in [0.1, 0.15) is 0 Å². The molecule has 0 saturated carbocycles. The predicted molar refractivity (Wildman–Crippen MR) is 106 cm³/mol. The fourth-order valence-corrected chi connectivity index (χ4v) is 4.79. The Balaban J connectivity index is 1.80. The highest BCUT2D eigenvalue weighted by Gasteiger charge is 2.11. The minimum atomic E-state index is 0.742. The van der Waals surface area contributed by atoms with Crippen LogP contribution in [0.25, 0.3) is 5.69 Å². The van der Waals surface area contributed by atoms with Crippen LogP contribution in [0.15, 0.2) is 46.8 Å². The molecule has 0 saturated heterocycles. The fourth-order valence-electron chi connectivity index (χ4n) is 2.37. The Bertz CT molecular complexity index is 920. The van der Waals surface area contributed by atoms with Gasteiger partial charge in [-0.1, -0.05) is 41.3 Å². The van der Waals surface area contributed by atoms with E-state index in [0.29, 0.717) is 0 Å². The van der Waals surface area contributed by atoms with Crippen molar-refractivity contribution < 1.29 is 9.47 Å². The van der Waals surface area contributed by atoms with Crippen molar-refractivity contribution in [2.24, 2.45) is 0 Å². The maximum absolute atomic E-state index is 5.45. The van der Waals surface area contributed by atoms with Gasteiger partial charge in [-0.3, -0.25) is 0 Å². The maximum atomic E-state index is 5.45. The molecular formula is C18H18N2O2S3. The number of benzene rings is 2. The van der Waals surface area contributed by atoms with E-state index in [0.717, 1.165) is 36.8 Å². The van der Waals surface area contributed by atoms with Gasteiger partial charge in [0.15, 0.2) is 19.8 Å². The van der Waals surface area contributed by atoms with Gasteiger partial charge in [-0.25, -0.2) is 4.68 Å². The average Bonchev–Trinajstić information content (AvgIpc) is 3.01. The van der Waals surface area contributed by atoms with Crippen LogP contribution in [0.2, 0.25) is 0 Å². The van der Waals surface area contributed by atoms with E-state index >= 15 is 0 Å². The van der Waals surface area contributed by atoms with E-state index in [1.165, 1.54) is 16.9 Å². The number of aryl methyl sites for hydroxylation is 1. The van der Waals surface area contributed by atoms with Crippen molar-refractivity contribution in [1.29, 1.82) is 0 Å². The number of hydrogen-bond acceptors (Lipinski definition) is 6. The van der Waals surface area contributed by atoms with Crippen LogP contribution in [0.5, 0.6) is 11.5 Å². The molecule has 4 nitrogen and oxygen atoms in total. The molecule has 0 spiro atoms. The summed E-state index contributed by atoms with van der Waals surface area (Å²) in [4.78, 5) is 0. The zero-order valence-electron chi connectivity index (χ0n) is 14.2. The van der Waals surface area contributed by atoms with Crippen LogP contribution in [-0.2, 0) is 5.75 Å². The summed E-state index contributed by atoms with van der Waals surface area (Å²) in [5.74, 6) is 2.28. The van der Waals surface area contributed by atoms with Crippen molar-refractivity contribution in [3.05, 3.63) is 57.5 Å². The Hall–Kier alpha value is -1.83. The molecule has 0 unspecified atom stereocenters. The molecule has 2 aromatic carbocycles. The van der Waals surface area contributed by atoms with Crippen molar-refractivity contribution in [2.75, 3.05) is 14.2 Å². The van der Waals surface area contributed by atoms with Gasteiger partial charge in [0.05, 0.1) is 19.9 Å². The van der Waals surface area contributed by atoms with E-state index in [-0.39, 0.29) is 0 Å². The summed E-state index contributed by atoms with van der Waals surface area (Å²) in [7, 11) is 3.30. The molecule has 0 radical (unpaired) electrons. The minimum Gasteiger partial charge on any atom is -0.493 e. The lowest BCUT2D eigenvalue weighted by atomic mass is 10.1. The summed E-state index contributed by atoms with van der Waals surface area (Å²) < 4.78 is 14.2. The van der Waals surface area contributed by atoms with Gasteiger partial charge < -0.3 is 9.47 Å². The lowest BCUT2D eigenvalue weighted by Crippen LogP contribution is -1.96. The van der Waals surface area contributed by atoms with Gasteiger partial charge in [0.2, 0.25) is 0 Å². The zero-order chi connectivity index (χ0) is 17.8. The molecule has 1 aromatic heterocycles. The smallest absolute Gasteiger partial charge is 0.184 e. The number of methoxy groups -OCH3 is 2. The van der Waals surface area contributed by atoms with Gasteiger partial charge in [0, 0.05) is 5.75 Å². The molecule has 0 amide bonds. The summed E-state index contributed by atoms with van der Waals surface area (Å²) in [6, 6.07) is 14.0. The molecule has 0 aliphatic carbocycles. The van der Waals surface area contributed by atoms with Crippen molar-refractivity contribution in [2.45, 2.75) is 17.0 Å². The van der Waals surface area contributed by atoms with Crippen LogP contribution < -0.4 is 9.47 Å². The SMILES string of the molecule is COc1cc(C)c(CSc2nn(-c3ccccc3)c(=S)s2)cc1OC. The molecule has 3 aromatic rings. The number of ether oxygens (including phenoxy) is 2. The molecule has 0 aliphatic heterocycles. The highest BCUT2D eigenvalue weighted by molar-refractivity contribution is 8.00. The van der Waals surface area contributed by atoms with E-state index < -0.39 is 0 Å². The van der Waals surface area contributed by atoms with Crippen LogP contribution in [0.4, 0.5) is 0 Å². The van der Waals surface area contributed by atoms with Crippen molar-refractivity contribution in [1.82, 2.24) is 9.78 Å². The largest absolute Gasteiger partial charge is 0.493 e. The Kier molecular flexibility index (Phi) is 5.78. The molecule has 7 heteroatoms. The highest BCUT2D eigenvalue weighted by Crippen LogP contribution is 2.34. The Morgan fingerprint density at radius 1 is 1.12 bits per heavy atom. The molecule has 3 rings (SSSR count). The Labute approximate surface area is 160 Å². The average molecular weight is 391 g/mol. The Morgan fingerprint density at radius 2 is 1.80 bits per heavy atom. The van der Waals surface area contributed by atoms with Crippen LogP contribution in [-0.4, -0.2) is 24.0 Å². The van der Waals surface area contributed by atoms with Gasteiger partial charge >= 0.3 is 0 Å². The Morgan fingerprint density at radius 3 is 2.48 bits per heavy atom. The maximum Gasteiger partial charge on any atom is 0.184 e. The first-order valence-corrected chi connectivity index (χ1v) is 9.83. The number of aromatic nitrogens is 2. The van der Waals surface area contributed by atoms with Crippen LogP contribution in [0, 0.1) is 10.9 Å². The van der Waals surface area contributed by atoms with Gasteiger partial charge in [0.25, 0.3) is 0 Å². The lowest BCUT2D eigenvalue weighted by molar-refractivity contribution is 0.354. The van der Waals surface area contributed by atoms with E-state index in [1.54, 1.807) is 26.0 Å². The van der Waals surface area contributed by atoms with Crippen molar-refractivity contribution in [3.8, 4) is 17.2 Å². The summed E-state index contributed by atoms with van der Waals surface area (Å²) in [5, 5.41) is 4.64. The minimum absolute atomic E-state index is 0.742. The van der Waals surface area contributed by atoms with Crippen molar-refractivity contribution >= 4 is 35.3 Å². The molecule has 0 atom stereocenters. The standard InChI is InChI=1S/C18H18N2O2S3/c1-12-9-15(21-2)16(22-3)10-13(12)11-24-17-19-20(18(23)25-17)14-7-5-4-6-8-14/h4-10H,11H2,1-3H3. The second-order valence-electron chi connectivity index (χ2n) is 5.30. The van der Waals surface area contributed by atoms with E-state index in [2.05, 4.69) is 12.0 Å². The highest BCUT2D eigenvalue weighted by atomic mass is 32.2. The zero-order valence-corrected chi connectivity index (χ0v) is 16.6. The van der Waals surface area contributed by atoms with Crippen molar-refractivity contribution in [3.63, 3.8) is 0 Å². The first kappa shape index (κ1) is 18.0. The second kappa shape index (κ2) is 8.03. The number of nitrogens with zero attached hydrogens (tertiary/aromatic N) is 2. The molecule has 130 valence electrons. The van der Waals surface area contributed by atoms with Crippen LogP contribution >= 0.6 is 35.3 Å². The van der Waals surface area contributed by atoms with Crippen LogP contribution in [0.3, 0.4) is 0 Å². The number of thioether (sulfide) groups is 1. The van der Waals surface area contributed by atoms with Gasteiger partial charge in [-0.15, -0.1) is 5.10 Å². The lowest BCUT2D eigenvalue weighted by Gasteiger charge is -2.12. The molecule has 0 bridgehead atoms. The van der Waals surface area contributed by atoms with Crippen LogP contribution in [0.1, 0.15) is 11.1 Å². The summed E-state index contributed by atoms with van der Waals surface area (Å²) in [6.45, 7) is 2.07. The molecule has 0 N–H and O–H groups in total. The van der Waals surface area contributed by atoms with E-state index in [1.807, 2.05) is 47.1 Å². The third kappa shape index (κ3) is 4.05. The predicted octanol–water partition coefficient (Wildman–Crippen LogP) is 5.28. The first-order valence-electron chi connectivity index (χ1n) is 7.62. The molecule has 25 heavy (non-hydrogen) atoms. The fraction of sp³-hybridized carbons (Fsp3) is 0.222.